The van der Waals surface area contributed by atoms with E-state index in [-0.39, 0.29) is 24.1 Å². The second-order valence-corrected chi connectivity index (χ2v) is 9.39. The van der Waals surface area contributed by atoms with Gasteiger partial charge in [0, 0.05) is 40.9 Å². The van der Waals surface area contributed by atoms with Crippen LogP contribution in [0.3, 0.4) is 0 Å². The largest absolute Gasteiger partial charge is 0.507 e. The van der Waals surface area contributed by atoms with Crippen LogP contribution in [0, 0.1) is 5.82 Å². The first-order valence-corrected chi connectivity index (χ1v) is 12.9. The van der Waals surface area contributed by atoms with Gasteiger partial charge in [0.1, 0.15) is 17.3 Å². The van der Waals surface area contributed by atoms with Crippen LogP contribution in [0.15, 0.2) is 72.8 Å². The summed E-state index contributed by atoms with van der Waals surface area (Å²) in [5.74, 6) is 0.0556. The molecule has 0 radical (unpaired) electrons. The van der Waals surface area contributed by atoms with E-state index in [1.807, 2.05) is 6.92 Å². The molecule has 1 aliphatic carbocycles. The van der Waals surface area contributed by atoms with Crippen LogP contribution in [0.1, 0.15) is 53.7 Å². The Hall–Kier alpha value is -4.66. The molecule has 1 saturated carbocycles. The fourth-order valence-electron chi connectivity index (χ4n) is 4.47. The molecule has 1 aromatic heterocycles. The van der Waals surface area contributed by atoms with E-state index in [2.05, 4.69) is 15.7 Å². The van der Waals surface area contributed by atoms with Crippen molar-refractivity contribution in [1.29, 1.82) is 0 Å². The van der Waals surface area contributed by atoms with Crippen LogP contribution in [-0.4, -0.2) is 33.4 Å². The zero-order chi connectivity index (χ0) is 27.4. The van der Waals surface area contributed by atoms with Crippen LogP contribution in [0.25, 0.3) is 11.3 Å². The van der Waals surface area contributed by atoms with E-state index in [1.54, 1.807) is 60.7 Å². The van der Waals surface area contributed by atoms with Crippen molar-refractivity contribution in [2.75, 3.05) is 11.9 Å². The first-order chi connectivity index (χ1) is 18.9. The van der Waals surface area contributed by atoms with E-state index >= 15 is 0 Å². The molecule has 5 rings (SSSR count). The highest BCUT2D eigenvalue weighted by Gasteiger charge is 2.27. The summed E-state index contributed by atoms with van der Waals surface area (Å²) in [7, 11) is 0. The molecule has 1 fully saturated rings. The fraction of sp³-hybridized carbons (Fsp3) is 0.233. The van der Waals surface area contributed by atoms with Gasteiger partial charge in [-0.15, -0.1) is 0 Å². The van der Waals surface area contributed by atoms with Crippen molar-refractivity contribution in [1.82, 2.24) is 15.1 Å². The molecule has 200 valence electrons. The van der Waals surface area contributed by atoms with Crippen LogP contribution in [0.2, 0.25) is 0 Å². The van der Waals surface area contributed by atoms with Crippen molar-refractivity contribution < 1.29 is 23.8 Å². The number of hydrogen-bond donors (Lipinski definition) is 3. The van der Waals surface area contributed by atoms with E-state index in [1.165, 1.54) is 16.8 Å². The van der Waals surface area contributed by atoms with Crippen molar-refractivity contribution in [3.05, 3.63) is 95.4 Å². The Kier molecular flexibility index (Phi) is 7.58. The molecule has 2 amide bonds. The summed E-state index contributed by atoms with van der Waals surface area (Å²) in [6.45, 7) is 2.45. The Labute approximate surface area is 225 Å². The molecule has 0 unspecified atom stereocenters. The van der Waals surface area contributed by atoms with Gasteiger partial charge in [-0.1, -0.05) is 24.6 Å². The van der Waals surface area contributed by atoms with E-state index < -0.39 is 11.8 Å². The van der Waals surface area contributed by atoms with E-state index in [0.29, 0.717) is 40.4 Å². The van der Waals surface area contributed by atoms with Gasteiger partial charge in [0.25, 0.3) is 5.91 Å². The van der Waals surface area contributed by atoms with Gasteiger partial charge in [0.15, 0.2) is 0 Å². The number of phenols is 1. The van der Waals surface area contributed by atoms with Crippen molar-refractivity contribution >= 4 is 17.6 Å². The Morgan fingerprint density at radius 2 is 1.85 bits per heavy atom. The molecule has 1 heterocycles. The molecule has 3 N–H and O–H groups in total. The number of phenolic OH excluding ortho intramolecular Hbond substituents is 1. The number of ether oxygens (including phenoxy) is 1. The van der Waals surface area contributed by atoms with Crippen LogP contribution in [0.4, 0.5) is 14.9 Å². The predicted octanol–water partition coefficient (Wildman–Crippen LogP) is 6.07. The second-order valence-electron chi connectivity index (χ2n) is 9.39. The number of amides is 2. The normalized spacial score (nSPS) is 13.0. The number of anilines is 1. The molecule has 39 heavy (non-hydrogen) atoms. The van der Waals surface area contributed by atoms with E-state index in [9.17, 15) is 19.1 Å². The minimum absolute atomic E-state index is 0.0266. The molecule has 0 atom stereocenters. The van der Waals surface area contributed by atoms with Crippen LogP contribution < -0.4 is 15.4 Å². The highest BCUT2D eigenvalue weighted by molar-refractivity contribution is 6.04. The number of carbonyl (C=O) groups is 2. The standard InChI is InChI=1S/C30H29FN4O4/c1-2-39-23-13-10-20(11-14-23)29(37)33-22-12-15-24(28(36)16-22)26-17-27(19-7-5-8-19)35(34-26)30(38)32-18-21-6-3-4-9-25(21)31/h3-4,6,9-17,19,36H,2,5,7-8,18H2,1H3,(H,32,38)(H,33,37). The maximum atomic E-state index is 14.0. The Balaban J connectivity index is 1.33. The van der Waals surface area contributed by atoms with Gasteiger partial charge in [-0.25, -0.2) is 9.18 Å². The van der Waals surface area contributed by atoms with Gasteiger partial charge in [-0.05, 0) is 68.3 Å². The molecule has 1 aliphatic rings. The molecule has 0 aliphatic heterocycles. The number of rotatable bonds is 8. The van der Waals surface area contributed by atoms with Crippen molar-refractivity contribution in [2.45, 2.75) is 38.6 Å². The Morgan fingerprint density at radius 3 is 2.51 bits per heavy atom. The van der Waals surface area contributed by atoms with Gasteiger partial charge >= 0.3 is 6.03 Å². The molecule has 0 saturated heterocycles. The molecule has 0 bridgehead atoms. The lowest BCUT2D eigenvalue weighted by atomic mass is 9.82. The summed E-state index contributed by atoms with van der Waals surface area (Å²) in [5.41, 5.74) is 2.84. The summed E-state index contributed by atoms with van der Waals surface area (Å²) in [4.78, 5) is 25.7. The molecule has 4 aromatic rings. The smallest absolute Gasteiger partial charge is 0.342 e. The second kappa shape index (κ2) is 11.4. The zero-order valence-electron chi connectivity index (χ0n) is 21.5. The summed E-state index contributed by atoms with van der Waals surface area (Å²) in [6, 6.07) is 19.2. The summed E-state index contributed by atoms with van der Waals surface area (Å²) in [6.07, 6.45) is 2.94. The monoisotopic (exact) mass is 528 g/mol. The van der Waals surface area contributed by atoms with Crippen LogP contribution in [-0.2, 0) is 6.54 Å². The van der Waals surface area contributed by atoms with Gasteiger partial charge in [-0.3, -0.25) is 4.79 Å². The first kappa shape index (κ1) is 26.0. The van der Waals surface area contributed by atoms with E-state index in [4.69, 9.17) is 4.74 Å². The third kappa shape index (κ3) is 5.77. The quantitative estimate of drug-likeness (QED) is 0.257. The number of hydrogen-bond acceptors (Lipinski definition) is 5. The average molecular weight is 529 g/mol. The number of carbonyl (C=O) groups excluding carboxylic acids is 2. The Bertz CT molecular complexity index is 1500. The third-order valence-corrected chi connectivity index (χ3v) is 6.80. The lowest BCUT2D eigenvalue weighted by molar-refractivity contribution is 0.102. The predicted molar refractivity (Wildman–Crippen MR) is 146 cm³/mol. The van der Waals surface area contributed by atoms with Gasteiger partial charge < -0.3 is 20.5 Å². The lowest BCUT2D eigenvalue weighted by Crippen LogP contribution is -2.31. The SMILES string of the molecule is CCOc1ccc(C(=O)Nc2ccc(-c3cc(C4CCC4)n(C(=O)NCc4ccccc4F)n3)c(O)c2)cc1. The third-order valence-electron chi connectivity index (χ3n) is 6.80. The highest BCUT2D eigenvalue weighted by atomic mass is 19.1. The molecule has 0 spiro atoms. The number of nitrogens with zero attached hydrogens (tertiary/aromatic N) is 2. The summed E-state index contributed by atoms with van der Waals surface area (Å²) in [5, 5.41) is 20.8. The fourth-order valence-corrected chi connectivity index (χ4v) is 4.47. The Morgan fingerprint density at radius 1 is 1.08 bits per heavy atom. The van der Waals surface area contributed by atoms with Gasteiger partial charge in [0.2, 0.25) is 0 Å². The minimum Gasteiger partial charge on any atom is -0.507 e. The van der Waals surface area contributed by atoms with Crippen LogP contribution >= 0.6 is 0 Å². The number of aromatic nitrogens is 2. The lowest BCUT2D eigenvalue weighted by Gasteiger charge is -2.25. The summed E-state index contributed by atoms with van der Waals surface area (Å²) < 4.78 is 20.7. The molecular weight excluding hydrogens is 499 g/mol. The van der Waals surface area contributed by atoms with E-state index in [0.717, 1.165) is 25.0 Å². The zero-order valence-corrected chi connectivity index (χ0v) is 21.5. The van der Waals surface area contributed by atoms with Crippen molar-refractivity contribution in [3.63, 3.8) is 0 Å². The first-order valence-electron chi connectivity index (χ1n) is 12.9. The van der Waals surface area contributed by atoms with Crippen molar-refractivity contribution in [3.8, 4) is 22.8 Å². The maximum absolute atomic E-state index is 14.0. The number of aromatic hydroxyl groups is 1. The number of benzene rings is 3. The molecule has 8 nitrogen and oxygen atoms in total. The topological polar surface area (TPSA) is 105 Å². The molecule has 3 aromatic carbocycles. The molecular formula is C30H29FN4O4. The number of nitrogens with one attached hydrogen (secondary N) is 2. The summed E-state index contributed by atoms with van der Waals surface area (Å²) >= 11 is 0. The van der Waals surface area contributed by atoms with Crippen molar-refractivity contribution in [2.24, 2.45) is 0 Å². The van der Waals surface area contributed by atoms with Gasteiger partial charge in [-0.2, -0.15) is 9.78 Å². The maximum Gasteiger partial charge on any atom is 0.342 e. The average Bonchev–Trinajstić information content (AvgIpc) is 3.32. The van der Waals surface area contributed by atoms with Crippen LogP contribution in [0.5, 0.6) is 11.5 Å². The highest BCUT2D eigenvalue weighted by Crippen LogP contribution is 2.39. The molecule has 9 heteroatoms. The van der Waals surface area contributed by atoms with Gasteiger partial charge in [0.05, 0.1) is 18.0 Å². The minimum atomic E-state index is -0.467. The number of halogens is 1.